The highest BCUT2D eigenvalue weighted by atomic mass is 16.2. The molecule has 2 amide bonds. The fourth-order valence-electron chi connectivity index (χ4n) is 2.86. The Morgan fingerprint density at radius 1 is 0.957 bits per heavy atom. The zero-order valence-electron chi connectivity index (χ0n) is 12.4. The lowest BCUT2D eigenvalue weighted by atomic mass is 10.1. The second-order valence-corrected chi connectivity index (χ2v) is 5.42. The van der Waals surface area contributed by atoms with E-state index in [1.54, 1.807) is 30.5 Å². The van der Waals surface area contributed by atoms with Gasteiger partial charge in [-0.15, -0.1) is 0 Å². The smallest absolute Gasteiger partial charge is 0.282 e. The van der Waals surface area contributed by atoms with E-state index in [0.717, 1.165) is 27.2 Å². The Morgan fingerprint density at radius 3 is 2.26 bits per heavy atom. The number of H-pyrrole nitrogens is 1. The minimum atomic E-state index is -0.389. The molecule has 0 atom stereocenters. The molecule has 0 bridgehead atoms. The molecular weight excluding hydrogens is 290 g/mol. The number of aromatic nitrogens is 1. The molecule has 1 aliphatic rings. The van der Waals surface area contributed by atoms with E-state index >= 15 is 0 Å². The van der Waals surface area contributed by atoms with Crippen LogP contribution in [-0.2, 0) is 0 Å². The third kappa shape index (κ3) is 1.97. The molecule has 1 aromatic heterocycles. The van der Waals surface area contributed by atoms with Crippen LogP contribution in [0.25, 0.3) is 10.9 Å². The van der Waals surface area contributed by atoms with Gasteiger partial charge in [-0.3, -0.25) is 9.59 Å². The molecule has 23 heavy (non-hydrogen) atoms. The summed E-state index contributed by atoms with van der Waals surface area (Å²) in [6.45, 7) is 1.93. The number of imide groups is 1. The standard InChI is InChI=1S/C18H13N3O2/c1-11-15(12-6-4-5-9-16(12)20-11)10-19-21-17(22)13-7-2-3-8-14(13)18(21)23/h2-10,20H,1H3. The number of hydrazone groups is 1. The van der Waals surface area contributed by atoms with Crippen molar-refractivity contribution in [1.82, 2.24) is 9.99 Å². The third-order valence-corrected chi connectivity index (χ3v) is 4.02. The van der Waals surface area contributed by atoms with E-state index in [9.17, 15) is 9.59 Å². The fraction of sp³-hybridized carbons (Fsp3) is 0.0556. The first kappa shape index (κ1) is 13.5. The van der Waals surface area contributed by atoms with Gasteiger partial charge in [-0.25, -0.2) is 0 Å². The number of benzene rings is 2. The van der Waals surface area contributed by atoms with Crippen molar-refractivity contribution in [3.8, 4) is 0 Å². The van der Waals surface area contributed by atoms with E-state index < -0.39 is 0 Å². The van der Waals surface area contributed by atoms with Crippen LogP contribution in [0.4, 0.5) is 0 Å². The number of carbonyl (C=O) groups excluding carboxylic acids is 2. The van der Waals surface area contributed by atoms with E-state index in [2.05, 4.69) is 10.1 Å². The van der Waals surface area contributed by atoms with Gasteiger partial charge in [-0.2, -0.15) is 10.1 Å². The van der Waals surface area contributed by atoms with Crippen molar-refractivity contribution in [2.24, 2.45) is 5.10 Å². The van der Waals surface area contributed by atoms with Gasteiger partial charge in [0.25, 0.3) is 11.8 Å². The second-order valence-electron chi connectivity index (χ2n) is 5.42. The van der Waals surface area contributed by atoms with Crippen molar-refractivity contribution in [1.29, 1.82) is 0 Å². The summed E-state index contributed by atoms with van der Waals surface area (Å²) in [5, 5.41) is 6.07. The number of nitrogens with one attached hydrogen (secondary N) is 1. The Labute approximate surface area is 132 Å². The summed E-state index contributed by atoms with van der Waals surface area (Å²) in [6.07, 6.45) is 1.57. The highest BCUT2D eigenvalue weighted by Crippen LogP contribution is 2.24. The number of para-hydroxylation sites is 1. The molecule has 112 valence electrons. The average molecular weight is 303 g/mol. The Bertz CT molecular complexity index is 950. The summed E-state index contributed by atoms with van der Waals surface area (Å²) >= 11 is 0. The molecule has 4 rings (SSSR count). The van der Waals surface area contributed by atoms with Crippen molar-refractivity contribution < 1.29 is 9.59 Å². The van der Waals surface area contributed by atoms with Crippen LogP contribution in [-0.4, -0.2) is 28.0 Å². The molecule has 0 fully saturated rings. The molecule has 1 aliphatic heterocycles. The minimum Gasteiger partial charge on any atom is -0.358 e. The van der Waals surface area contributed by atoms with Gasteiger partial charge in [0.1, 0.15) is 0 Å². The van der Waals surface area contributed by atoms with Gasteiger partial charge in [0.2, 0.25) is 0 Å². The van der Waals surface area contributed by atoms with E-state index in [4.69, 9.17) is 0 Å². The highest BCUT2D eigenvalue weighted by Gasteiger charge is 2.35. The molecule has 0 spiro atoms. The lowest BCUT2D eigenvalue weighted by molar-refractivity contribution is 0.0660. The van der Waals surface area contributed by atoms with Gasteiger partial charge in [-0.1, -0.05) is 30.3 Å². The molecule has 2 heterocycles. The highest BCUT2D eigenvalue weighted by molar-refractivity contribution is 6.21. The van der Waals surface area contributed by atoms with Crippen LogP contribution < -0.4 is 0 Å². The molecule has 0 radical (unpaired) electrons. The maximum absolute atomic E-state index is 12.3. The summed E-state index contributed by atoms with van der Waals surface area (Å²) in [5.41, 5.74) is 3.59. The number of nitrogens with zero attached hydrogens (tertiary/aromatic N) is 2. The summed E-state index contributed by atoms with van der Waals surface area (Å²) in [5.74, 6) is -0.779. The van der Waals surface area contributed by atoms with Crippen LogP contribution in [0.2, 0.25) is 0 Å². The first-order valence-corrected chi connectivity index (χ1v) is 7.26. The van der Waals surface area contributed by atoms with Crippen LogP contribution >= 0.6 is 0 Å². The molecule has 3 aromatic rings. The predicted molar refractivity (Wildman–Crippen MR) is 87.6 cm³/mol. The molecule has 1 N–H and O–H groups in total. The number of aryl methyl sites for hydroxylation is 1. The number of amides is 2. The number of hydrogen-bond acceptors (Lipinski definition) is 3. The molecular formula is C18H13N3O2. The second kappa shape index (κ2) is 4.91. The van der Waals surface area contributed by atoms with Gasteiger partial charge in [0.15, 0.2) is 0 Å². The summed E-state index contributed by atoms with van der Waals surface area (Å²) in [4.78, 5) is 27.9. The lowest BCUT2D eigenvalue weighted by Crippen LogP contribution is -2.24. The molecule has 2 aromatic carbocycles. The van der Waals surface area contributed by atoms with E-state index in [-0.39, 0.29) is 11.8 Å². The largest absolute Gasteiger partial charge is 0.358 e. The zero-order valence-corrected chi connectivity index (χ0v) is 12.4. The summed E-state index contributed by atoms with van der Waals surface area (Å²) in [6, 6.07) is 14.6. The molecule has 0 saturated carbocycles. The first-order chi connectivity index (χ1) is 11.2. The quantitative estimate of drug-likeness (QED) is 0.584. The van der Waals surface area contributed by atoms with Gasteiger partial charge < -0.3 is 4.98 Å². The van der Waals surface area contributed by atoms with Crippen molar-refractivity contribution in [2.45, 2.75) is 6.92 Å². The third-order valence-electron chi connectivity index (χ3n) is 4.02. The van der Waals surface area contributed by atoms with Crippen molar-refractivity contribution >= 4 is 28.9 Å². The Morgan fingerprint density at radius 2 is 1.57 bits per heavy atom. The molecule has 0 saturated heterocycles. The predicted octanol–water partition coefficient (Wildman–Crippen LogP) is 3.11. The van der Waals surface area contributed by atoms with E-state index in [0.29, 0.717) is 11.1 Å². The lowest BCUT2D eigenvalue weighted by Gasteiger charge is -2.05. The van der Waals surface area contributed by atoms with Crippen LogP contribution in [0.15, 0.2) is 53.6 Å². The Balaban J connectivity index is 1.74. The number of hydrogen-bond donors (Lipinski definition) is 1. The zero-order chi connectivity index (χ0) is 16.0. The molecule has 5 nitrogen and oxygen atoms in total. The Kier molecular flexibility index (Phi) is 2.87. The van der Waals surface area contributed by atoms with Crippen LogP contribution in [0, 0.1) is 6.92 Å². The number of fused-ring (bicyclic) bond motifs is 2. The topological polar surface area (TPSA) is 65.5 Å². The maximum atomic E-state index is 12.3. The van der Waals surface area contributed by atoms with Crippen LogP contribution in [0.1, 0.15) is 32.0 Å². The number of carbonyl (C=O) groups is 2. The Hall–Kier alpha value is -3.21. The normalized spacial score (nSPS) is 14.2. The number of aromatic amines is 1. The first-order valence-electron chi connectivity index (χ1n) is 7.26. The fourth-order valence-corrected chi connectivity index (χ4v) is 2.86. The molecule has 0 aliphatic carbocycles. The van der Waals surface area contributed by atoms with E-state index in [1.165, 1.54) is 0 Å². The average Bonchev–Trinajstić information content (AvgIpc) is 3.01. The van der Waals surface area contributed by atoms with Crippen molar-refractivity contribution in [2.75, 3.05) is 0 Å². The minimum absolute atomic E-state index is 0.389. The SMILES string of the molecule is Cc1[nH]c2ccccc2c1C=NN1C(=O)c2ccccc2C1=O. The summed E-state index contributed by atoms with van der Waals surface area (Å²) < 4.78 is 0. The van der Waals surface area contributed by atoms with E-state index in [1.807, 2.05) is 31.2 Å². The van der Waals surface area contributed by atoms with Crippen molar-refractivity contribution in [3.05, 3.63) is 70.9 Å². The van der Waals surface area contributed by atoms with Crippen LogP contribution in [0.5, 0.6) is 0 Å². The maximum Gasteiger partial charge on any atom is 0.282 e. The van der Waals surface area contributed by atoms with Crippen LogP contribution in [0.3, 0.4) is 0 Å². The molecule has 0 unspecified atom stereocenters. The monoisotopic (exact) mass is 303 g/mol. The van der Waals surface area contributed by atoms with Crippen molar-refractivity contribution in [3.63, 3.8) is 0 Å². The molecule has 5 heteroatoms. The van der Waals surface area contributed by atoms with Gasteiger partial charge in [0, 0.05) is 22.2 Å². The van der Waals surface area contributed by atoms with Gasteiger partial charge >= 0.3 is 0 Å². The number of rotatable bonds is 2. The van der Waals surface area contributed by atoms with Gasteiger partial charge in [-0.05, 0) is 25.1 Å². The summed E-state index contributed by atoms with van der Waals surface area (Å²) in [7, 11) is 0. The van der Waals surface area contributed by atoms with Gasteiger partial charge in [0.05, 0.1) is 17.3 Å².